The van der Waals surface area contributed by atoms with Gasteiger partial charge in [0.25, 0.3) is 0 Å². The zero-order chi connectivity index (χ0) is 11.5. The predicted octanol–water partition coefficient (Wildman–Crippen LogP) is 1.88. The lowest BCUT2D eigenvalue weighted by Gasteiger charge is -2.18. The van der Waals surface area contributed by atoms with Crippen LogP contribution in [0.3, 0.4) is 0 Å². The van der Waals surface area contributed by atoms with Gasteiger partial charge in [0.05, 0.1) is 7.11 Å². The van der Waals surface area contributed by atoms with Gasteiger partial charge in [-0.2, -0.15) is 0 Å². The summed E-state index contributed by atoms with van der Waals surface area (Å²) in [6, 6.07) is 6.04. The monoisotopic (exact) mass is 240 g/mol. The number of rotatable bonds is 3. The first-order valence-electron chi connectivity index (χ1n) is 5.50. The van der Waals surface area contributed by atoms with Gasteiger partial charge in [-0.15, -0.1) is 0 Å². The van der Waals surface area contributed by atoms with Crippen LogP contribution >= 0.6 is 11.6 Å². The van der Waals surface area contributed by atoms with Crippen molar-refractivity contribution in [1.29, 1.82) is 0 Å². The van der Waals surface area contributed by atoms with Gasteiger partial charge in [-0.3, -0.25) is 4.90 Å². The fourth-order valence-electron chi connectivity index (χ4n) is 2.11. The van der Waals surface area contributed by atoms with E-state index in [4.69, 9.17) is 22.1 Å². The van der Waals surface area contributed by atoms with Gasteiger partial charge < -0.3 is 10.5 Å². The molecule has 4 heteroatoms. The number of nitrogens with two attached hydrogens (primary N) is 1. The van der Waals surface area contributed by atoms with Crippen molar-refractivity contribution < 1.29 is 4.74 Å². The zero-order valence-corrected chi connectivity index (χ0v) is 10.2. The topological polar surface area (TPSA) is 38.5 Å². The fraction of sp³-hybridized carbons (Fsp3) is 0.500. The summed E-state index contributed by atoms with van der Waals surface area (Å²) in [6.07, 6.45) is 1.06. The summed E-state index contributed by atoms with van der Waals surface area (Å²) in [5, 5.41) is 0.764. The molecule has 88 valence electrons. The number of methoxy groups -OCH3 is 1. The Bertz CT molecular complexity index is 370. The molecule has 1 aromatic carbocycles. The first-order valence-corrected chi connectivity index (χ1v) is 5.88. The second-order valence-corrected chi connectivity index (χ2v) is 4.61. The van der Waals surface area contributed by atoms with E-state index in [-0.39, 0.29) is 0 Å². The van der Waals surface area contributed by atoms with Crippen molar-refractivity contribution >= 4 is 11.6 Å². The highest BCUT2D eigenvalue weighted by Crippen LogP contribution is 2.28. The summed E-state index contributed by atoms with van der Waals surface area (Å²) < 4.78 is 5.32. The summed E-state index contributed by atoms with van der Waals surface area (Å²) >= 11 is 6.19. The van der Waals surface area contributed by atoms with Crippen LogP contribution in [0, 0.1) is 0 Å². The van der Waals surface area contributed by atoms with E-state index in [2.05, 4.69) is 4.90 Å². The molecule has 1 aromatic rings. The molecule has 0 spiro atoms. The number of ether oxygens (including phenoxy) is 1. The second kappa shape index (κ2) is 5.04. The van der Waals surface area contributed by atoms with Gasteiger partial charge in [0.1, 0.15) is 5.75 Å². The summed E-state index contributed by atoms with van der Waals surface area (Å²) in [7, 11) is 1.67. The van der Waals surface area contributed by atoms with E-state index in [1.165, 1.54) is 0 Å². The average Bonchev–Trinajstić information content (AvgIpc) is 2.67. The molecule has 16 heavy (non-hydrogen) atoms. The van der Waals surface area contributed by atoms with Crippen molar-refractivity contribution in [2.45, 2.75) is 19.0 Å². The molecule has 1 aliphatic rings. The van der Waals surface area contributed by atoms with Crippen LogP contribution in [0.2, 0.25) is 5.02 Å². The minimum absolute atomic E-state index is 0.300. The van der Waals surface area contributed by atoms with Crippen LogP contribution in [0.1, 0.15) is 12.0 Å². The normalized spacial score (nSPS) is 21.3. The molecule has 1 saturated heterocycles. The van der Waals surface area contributed by atoms with Crippen molar-refractivity contribution in [3.8, 4) is 5.75 Å². The van der Waals surface area contributed by atoms with Crippen LogP contribution in [0.15, 0.2) is 18.2 Å². The third-order valence-electron chi connectivity index (χ3n) is 2.99. The lowest BCUT2D eigenvalue weighted by molar-refractivity contribution is 0.317. The van der Waals surface area contributed by atoms with Crippen molar-refractivity contribution in [1.82, 2.24) is 4.90 Å². The number of likely N-dealkylation sites (tertiary alicyclic amines) is 1. The number of hydrogen-bond donors (Lipinski definition) is 1. The molecule has 1 heterocycles. The molecule has 1 aliphatic heterocycles. The van der Waals surface area contributed by atoms with Crippen molar-refractivity contribution in [3.05, 3.63) is 28.8 Å². The number of nitrogens with zero attached hydrogens (tertiary/aromatic N) is 1. The zero-order valence-electron chi connectivity index (χ0n) is 9.45. The van der Waals surface area contributed by atoms with Crippen molar-refractivity contribution in [2.75, 3.05) is 20.2 Å². The Morgan fingerprint density at radius 3 is 3.00 bits per heavy atom. The highest BCUT2D eigenvalue weighted by Gasteiger charge is 2.21. The lowest BCUT2D eigenvalue weighted by Crippen LogP contribution is -2.26. The molecule has 0 aliphatic carbocycles. The Morgan fingerprint density at radius 1 is 1.56 bits per heavy atom. The van der Waals surface area contributed by atoms with Gasteiger partial charge in [0.2, 0.25) is 0 Å². The van der Waals surface area contributed by atoms with Crippen LogP contribution < -0.4 is 10.5 Å². The molecular weight excluding hydrogens is 224 g/mol. The first kappa shape index (κ1) is 11.7. The van der Waals surface area contributed by atoms with Crippen molar-refractivity contribution in [3.63, 3.8) is 0 Å². The minimum Gasteiger partial charge on any atom is -0.496 e. The Kier molecular flexibility index (Phi) is 3.69. The summed E-state index contributed by atoms with van der Waals surface area (Å²) in [5.74, 6) is 0.855. The Balaban J connectivity index is 2.14. The third-order valence-corrected chi connectivity index (χ3v) is 3.34. The molecule has 0 radical (unpaired) electrons. The van der Waals surface area contributed by atoms with Gasteiger partial charge in [-0.25, -0.2) is 0 Å². The van der Waals surface area contributed by atoms with Crippen LogP contribution in [-0.4, -0.2) is 31.1 Å². The van der Waals surface area contributed by atoms with E-state index in [1.54, 1.807) is 7.11 Å². The first-order chi connectivity index (χ1) is 7.70. The molecule has 1 fully saturated rings. The van der Waals surface area contributed by atoms with Crippen LogP contribution in [0.5, 0.6) is 5.75 Å². The Labute approximate surface area is 101 Å². The quantitative estimate of drug-likeness (QED) is 0.877. The third kappa shape index (κ3) is 2.48. The van der Waals surface area contributed by atoms with Gasteiger partial charge in [0.15, 0.2) is 0 Å². The van der Waals surface area contributed by atoms with Gasteiger partial charge in [0, 0.05) is 36.3 Å². The van der Waals surface area contributed by atoms with E-state index >= 15 is 0 Å². The molecule has 1 unspecified atom stereocenters. The van der Waals surface area contributed by atoms with Gasteiger partial charge >= 0.3 is 0 Å². The minimum atomic E-state index is 0.300. The fourth-order valence-corrected chi connectivity index (χ4v) is 2.34. The molecule has 0 aromatic heterocycles. The maximum absolute atomic E-state index is 6.19. The smallest absolute Gasteiger partial charge is 0.124 e. The molecule has 2 N–H and O–H groups in total. The van der Waals surface area contributed by atoms with Crippen LogP contribution in [0.4, 0.5) is 0 Å². The highest BCUT2D eigenvalue weighted by atomic mass is 35.5. The molecule has 0 bridgehead atoms. The van der Waals surface area contributed by atoms with Crippen LogP contribution in [0.25, 0.3) is 0 Å². The molecular formula is C12H17ClN2O. The molecule has 1 atom stereocenters. The largest absolute Gasteiger partial charge is 0.496 e. The second-order valence-electron chi connectivity index (χ2n) is 4.20. The van der Waals surface area contributed by atoms with E-state index in [1.807, 2.05) is 18.2 Å². The van der Waals surface area contributed by atoms with E-state index < -0.39 is 0 Å². The van der Waals surface area contributed by atoms with Crippen LogP contribution in [-0.2, 0) is 6.54 Å². The van der Waals surface area contributed by atoms with E-state index in [9.17, 15) is 0 Å². The number of halogens is 1. The number of hydrogen-bond acceptors (Lipinski definition) is 3. The molecule has 2 rings (SSSR count). The Morgan fingerprint density at radius 2 is 2.38 bits per heavy atom. The molecule has 3 nitrogen and oxygen atoms in total. The number of benzene rings is 1. The van der Waals surface area contributed by atoms with E-state index in [0.29, 0.717) is 6.04 Å². The SMILES string of the molecule is COc1cccc(Cl)c1CN1CCC(N)C1. The summed E-state index contributed by atoms with van der Waals surface area (Å²) in [6.45, 7) is 2.79. The van der Waals surface area contributed by atoms with Crippen molar-refractivity contribution in [2.24, 2.45) is 5.73 Å². The summed E-state index contributed by atoms with van der Waals surface area (Å²) in [5.41, 5.74) is 6.94. The van der Waals surface area contributed by atoms with Gasteiger partial charge in [-0.1, -0.05) is 17.7 Å². The lowest BCUT2D eigenvalue weighted by atomic mass is 10.2. The predicted molar refractivity (Wildman–Crippen MR) is 65.9 cm³/mol. The standard InChI is InChI=1S/C12H17ClN2O/c1-16-12-4-2-3-11(13)10(12)8-15-6-5-9(14)7-15/h2-4,9H,5-8,14H2,1H3. The average molecular weight is 241 g/mol. The van der Waals surface area contributed by atoms with E-state index in [0.717, 1.165) is 42.4 Å². The van der Waals surface area contributed by atoms with Gasteiger partial charge in [-0.05, 0) is 18.6 Å². The summed E-state index contributed by atoms with van der Waals surface area (Å²) in [4.78, 5) is 2.31. The highest BCUT2D eigenvalue weighted by molar-refractivity contribution is 6.31. The molecule has 0 saturated carbocycles. The maximum atomic E-state index is 6.19. The Hall–Kier alpha value is -0.770. The molecule has 0 amide bonds. The maximum Gasteiger partial charge on any atom is 0.124 e.